The molecule has 0 aliphatic heterocycles. The minimum absolute atomic E-state index is 0.194. The van der Waals surface area contributed by atoms with Crippen molar-refractivity contribution >= 4 is 0 Å². The molecule has 1 unspecified atom stereocenters. The molecule has 0 saturated heterocycles. The highest BCUT2D eigenvalue weighted by molar-refractivity contribution is 5.37. The number of rotatable bonds is 6. The minimum Gasteiger partial charge on any atom is -0.471 e. The Balaban J connectivity index is 2.19. The van der Waals surface area contributed by atoms with Crippen LogP contribution in [0.15, 0.2) is 19.0 Å². The summed E-state index contributed by atoms with van der Waals surface area (Å²) in [6, 6.07) is 0. The van der Waals surface area contributed by atoms with Gasteiger partial charge in [0.25, 0.3) is 0 Å². The molecule has 0 radical (unpaired) electrons. The van der Waals surface area contributed by atoms with Crippen molar-refractivity contribution in [3.63, 3.8) is 0 Å². The van der Waals surface area contributed by atoms with Crippen molar-refractivity contribution in [2.75, 3.05) is 13.7 Å². The van der Waals surface area contributed by atoms with Crippen LogP contribution < -0.4 is 4.74 Å². The lowest BCUT2D eigenvalue weighted by Crippen LogP contribution is -2.49. The molecule has 2 rings (SSSR count). The Morgan fingerprint density at radius 1 is 1.17 bits per heavy atom. The molecule has 0 aromatic carbocycles. The van der Waals surface area contributed by atoms with E-state index in [4.69, 9.17) is 4.74 Å². The molecule has 2 aromatic rings. The predicted molar refractivity (Wildman–Crippen MR) is 69.0 cm³/mol. The second-order valence-corrected chi connectivity index (χ2v) is 4.67. The van der Waals surface area contributed by atoms with E-state index in [1.165, 1.54) is 24.3 Å². The average Bonchev–Trinajstić information content (AvgIpc) is 2.99. The first-order chi connectivity index (χ1) is 11.2. The molecule has 7 nitrogen and oxygen atoms in total. The Morgan fingerprint density at radius 3 is 2.42 bits per heavy atom. The molecular weight excluding hydrogens is 341 g/mol. The van der Waals surface area contributed by atoms with Crippen molar-refractivity contribution in [3.8, 4) is 11.7 Å². The molecule has 24 heavy (non-hydrogen) atoms. The maximum Gasteiger partial charge on any atom is 0.420 e. The van der Waals surface area contributed by atoms with Gasteiger partial charge in [-0.1, -0.05) is 0 Å². The first kappa shape index (κ1) is 18.0. The monoisotopic (exact) mass is 353 g/mol. The van der Waals surface area contributed by atoms with Crippen LogP contribution in [0.3, 0.4) is 0 Å². The molecule has 0 spiro atoms. The van der Waals surface area contributed by atoms with Gasteiger partial charge in [-0.05, 0) is 6.92 Å². The SMILES string of the molecule is COC(C(F)(F)F)C(F)(F)COc1ncnc(-n2cncn2)c1C. The second kappa shape index (κ2) is 6.63. The first-order valence-corrected chi connectivity index (χ1v) is 6.43. The lowest BCUT2D eigenvalue weighted by molar-refractivity contribution is -0.282. The maximum atomic E-state index is 13.7. The van der Waals surface area contributed by atoms with E-state index < -0.39 is 24.8 Å². The fourth-order valence-electron chi connectivity index (χ4n) is 1.91. The Morgan fingerprint density at radius 2 is 1.88 bits per heavy atom. The van der Waals surface area contributed by atoms with E-state index in [0.717, 1.165) is 6.33 Å². The summed E-state index contributed by atoms with van der Waals surface area (Å²) < 4.78 is 75.0. The number of halogens is 5. The maximum absolute atomic E-state index is 13.7. The molecule has 1 atom stereocenters. The number of ether oxygens (including phenoxy) is 2. The van der Waals surface area contributed by atoms with E-state index in [-0.39, 0.29) is 17.3 Å². The smallest absolute Gasteiger partial charge is 0.420 e. The van der Waals surface area contributed by atoms with Crippen molar-refractivity contribution in [1.82, 2.24) is 24.7 Å². The van der Waals surface area contributed by atoms with Crippen LogP contribution in [-0.2, 0) is 4.74 Å². The van der Waals surface area contributed by atoms with Gasteiger partial charge in [-0.3, -0.25) is 0 Å². The number of methoxy groups -OCH3 is 1. The molecule has 0 aliphatic rings. The van der Waals surface area contributed by atoms with Gasteiger partial charge in [-0.2, -0.15) is 27.1 Å². The van der Waals surface area contributed by atoms with Gasteiger partial charge in [0.1, 0.15) is 19.0 Å². The summed E-state index contributed by atoms with van der Waals surface area (Å²) in [5.74, 6) is -4.41. The molecule has 0 N–H and O–H groups in total. The lowest BCUT2D eigenvalue weighted by atomic mass is 10.2. The van der Waals surface area contributed by atoms with Gasteiger partial charge in [0.05, 0.1) is 5.56 Å². The highest BCUT2D eigenvalue weighted by atomic mass is 19.4. The van der Waals surface area contributed by atoms with Crippen molar-refractivity contribution in [3.05, 3.63) is 24.5 Å². The molecule has 0 fully saturated rings. The second-order valence-electron chi connectivity index (χ2n) is 4.67. The summed E-state index contributed by atoms with van der Waals surface area (Å²) in [6.07, 6.45) is -4.99. The number of alkyl halides is 5. The molecule has 12 heteroatoms. The fraction of sp³-hybridized carbons (Fsp3) is 0.500. The third-order valence-corrected chi connectivity index (χ3v) is 2.96. The van der Waals surface area contributed by atoms with Gasteiger partial charge in [0, 0.05) is 7.11 Å². The first-order valence-electron chi connectivity index (χ1n) is 6.43. The van der Waals surface area contributed by atoms with Gasteiger partial charge in [-0.25, -0.2) is 19.6 Å². The molecule has 0 amide bonds. The van der Waals surface area contributed by atoms with E-state index in [0.29, 0.717) is 7.11 Å². The summed E-state index contributed by atoms with van der Waals surface area (Å²) >= 11 is 0. The van der Waals surface area contributed by atoms with Crippen LogP contribution in [0.2, 0.25) is 0 Å². The highest BCUT2D eigenvalue weighted by Crippen LogP contribution is 2.35. The zero-order valence-corrected chi connectivity index (χ0v) is 12.5. The number of aromatic nitrogens is 5. The van der Waals surface area contributed by atoms with Gasteiger partial charge >= 0.3 is 12.1 Å². The van der Waals surface area contributed by atoms with E-state index in [9.17, 15) is 22.0 Å². The molecular formula is C12H12F5N5O2. The van der Waals surface area contributed by atoms with Crippen LogP contribution in [0, 0.1) is 6.92 Å². The van der Waals surface area contributed by atoms with Gasteiger partial charge in [-0.15, -0.1) is 0 Å². The normalized spacial score (nSPS) is 13.8. The van der Waals surface area contributed by atoms with Crippen LogP contribution in [0.5, 0.6) is 5.88 Å². The summed E-state index contributed by atoms with van der Waals surface area (Å²) in [5.41, 5.74) is 0.208. The van der Waals surface area contributed by atoms with Crippen LogP contribution in [0.4, 0.5) is 22.0 Å². The Hall–Kier alpha value is -2.37. The summed E-state index contributed by atoms with van der Waals surface area (Å²) in [5, 5.41) is 3.81. The van der Waals surface area contributed by atoms with Crippen molar-refractivity contribution in [2.45, 2.75) is 25.1 Å². The average molecular weight is 353 g/mol. The molecule has 132 valence electrons. The van der Waals surface area contributed by atoms with Gasteiger partial charge < -0.3 is 9.47 Å². The van der Waals surface area contributed by atoms with E-state index in [1.54, 1.807) is 0 Å². The summed E-state index contributed by atoms with van der Waals surface area (Å²) in [4.78, 5) is 11.2. The van der Waals surface area contributed by atoms with Crippen molar-refractivity contribution in [2.24, 2.45) is 0 Å². The van der Waals surface area contributed by atoms with Crippen molar-refractivity contribution in [1.29, 1.82) is 0 Å². The van der Waals surface area contributed by atoms with E-state index >= 15 is 0 Å². The predicted octanol–water partition coefficient (Wildman–Crippen LogP) is 1.96. The lowest BCUT2D eigenvalue weighted by Gasteiger charge is -2.27. The Bertz CT molecular complexity index is 677. The van der Waals surface area contributed by atoms with E-state index in [2.05, 4.69) is 24.8 Å². The van der Waals surface area contributed by atoms with Gasteiger partial charge in [0.15, 0.2) is 12.4 Å². The molecule has 0 aliphatic carbocycles. The van der Waals surface area contributed by atoms with Crippen LogP contribution >= 0.6 is 0 Å². The van der Waals surface area contributed by atoms with Crippen molar-refractivity contribution < 1.29 is 31.4 Å². The number of nitrogens with zero attached hydrogens (tertiary/aromatic N) is 5. The topological polar surface area (TPSA) is 75.0 Å². The van der Waals surface area contributed by atoms with Crippen LogP contribution in [0.1, 0.15) is 5.56 Å². The highest BCUT2D eigenvalue weighted by Gasteiger charge is 2.57. The molecule has 2 heterocycles. The van der Waals surface area contributed by atoms with Gasteiger partial charge in [0.2, 0.25) is 12.0 Å². The standard InChI is InChI=1S/C12H12F5N5O2/c1-7-8(22-6-18-4-21-22)19-5-20-9(7)24-3-11(13,14)10(23-2)12(15,16)17/h4-6,10H,3H2,1-2H3. The molecule has 0 saturated carbocycles. The van der Waals surface area contributed by atoms with Crippen LogP contribution in [-0.4, -0.2) is 56.7 Å². The molecule has 0 bridgehead atoms. The molecule has 2 aromatic heterocycles. The fourth-order valence-corrected chi connectivity index (χ4v) is 1.91. The summed E-state index contributed by atoms with van der Waals surface area (Å²) in [7, 11) is 0.546. The number of hydrogen-bond acceptors (Lipinski definition) is 6. The number of hydrogen-bond donors (Lipinski definition) is 0. The summed E-state index contributed by atoms with van der Waals surface area (Å²) in [6.45, 7) is -0.123. The zero-order chi connectivity index (χ0) is 18.0. The largest absolute Gasteiger partial charge is 0.471 e. The third-order valence-electron chi connectivity index (χ3n) is 2.96. The van der Waals surface area contributed by atoms with E-state index in [1.807, 2.05) is 0 Å². The Labute approximate surface area is 132 Å². The zero-order valence-electron chi connectivity index (χ0n) is 12.5. The van der Waals surface area contributed by atoms with Crippen LogP contribution in [0.25, 0.3) is 5.82 Å². The Kier molecular flexibility index (Phi) is 4.96. The minimum atomic E-state index is -5.24. The third kappa shape index (κ3) is 3.75. The quantitative estimate of drug-likeness (QED) is 0.739.